The molecule has 18 heavy (non-hydrogen) atoms. The second kappa shape index (κ2) is 4.25. The number of benzene rings is 1. The molecule has 0 aliphatic rings. The number of pyridine rings is 1. The van der Waals surface area contributed by atoms with Crippen LogP contribution in [0.4, 0.5) is 4.39 Å². The second-order valence-corrected chi connectivity index (χ2v) is 4.30. The fourth-order valence-corrected chi connectivity index (χ4v) is 1.99. The van der Waals surface area contributed by atoms with Gasteiger partial charge in [0.1, 0.15) is 11.4 Å². The summed E-state index contributed by atoms with van der Waals surface area (Å²) in [6.45, 7) is 3.49. The highest BCUT2D eigenvalue weighted by Crippen LogP contribution is 2.20. The molecule has 94 valence electrons. The van der Waals surface area contributed by atoms with Gasteiger partial charge in [-0.2, -0.15) is 0 Å². The molecule has 4 nitrogen and oxygen atoms in total. The Morgan fingerprint density at radius 1 is 1.39 bits per heavy atom. The molecule has 0 saturated carbocycles. The summed E-state index contributed by atoms with van der Waals surface area (Å²) in [4.78, 5) is 23.1. The van der Waals surface area contributed by atoms with Gasteiger partial charge in [-0.1, -0.05) is 6.07 Å². The van der Waals surface area contributed by atoms with Crippen molar-refractivity contribution in [3.05, 3.63) is 46.0 Å². The molecule has 0 saturated heterocycles. The van der Waals surface area contributed by atoms with Crippen molar-refractivity contribution in [2.75, 3.05) is 0 Å². The van der Waals surface area contributed by atoms with E-state index in [1.807, 2.05) is 0 Å². The predicted molar refractivity (Wildman–Crippen MR) is 65.5 cm³/mol. The van der Waals surface area contributed by atoms with Crippen molar-refractivity contribution >= 4 is 16.9 Å². The Morgan fingerprint density at radius 3 is 2.61 bits per heavy atom. The number of carboxylic acids is 1. The minimum atomic E-state index is -1.35. The molecule has 1 aromatic carbocycles. The lowest BCUT2D eigenvalue weighted by molar-refractivity contribution is 0.0694. The van der Waals surface area contributed by atoms with Crippen LogP contribution in [0, 0.1) is 5.82 Å². The molecule has 5 heteroatoms. The molecule has 0 aliphatic heterocycles. The SMILES string of the molecule is CC(C)n1c(=O)c(C(=O)O)cc2c(F)cccc21. The van der Waals surface area contributed by atoms with E-state index >= 15 is 0 Å². The fourth-order valence-electron chi connectivity index (χ4n) is 1.99. The number of aromatic nitrogens is 1. The summed E-state index contributed by atoms with van der Waals surface area (Å²) >= 11 is 0. The molecule has 2 rings (SSSR count). The Labute approximate surface area is 102 Å². The molecule has 0 amide bonds. The van der Waals surface area contributed by atoms with Crippen LogP contribution in [0.3, 0.4) is 0 Å². The van der Waals surface area contributed by atoms with E-state index in [0.29, 0.717) is 5.52 Å². The van der Waals surface area contributed by atoms with Gasteiger partial charge in [-0.05, 0) is 32.0 Å². The molecule has 0 spiro atoms. The number of aromatic carboxylic acids is 1. The van der Waals surface area contributed by atoms with E-state index in [9.17, 15) is 14.0 Å². The lowest BCUT2D eigenvalue weighted by Crippen LogP contribution is -2.28. The smallest absolute Gasteiger partial charge is 0.341 e. The molecule has 0 atom stereocenters. The maximum atomic E-state index is 13.7. The summed E-state index contributed by atoms with van der Waals surface area (Å²) in [6.07, 6.45) is 0. The Kier molecular flexibility index (Phi) is 2.90. The Morgan fingerprint density at radius 2 is 2.06 bits per heavy atom. The summed E-state index contributed by atoms with van der Waals surface area (Å²) in [5.41, 5.74) is -0.628. The van der Waals surface area contributed by atoms with Gasteiger partial charge in [-0.15, -0.1) is 0 Å². The van der Waals surface area contributed by atoms with E-state index < -0.39 is 22.9 Å². The standard InChI is InChI=1S/C13H12FNO3/c1-7(2)15-11-5-3-4-10(14)8(11)6-9(12(15)16)13(17)18/h3-7H,1-2H3,(H,17,18). The molecular formula is C13H12FNO3. The van der Waals surface area contributed by atoms with Gasteiger partial charge >= 0.3 is 5.97 Å². The van der Waals surface area contributed by atoms with Crippen LogP contribution in [0.5, 0.6) is 0 Å². The first-order valence-electron chi connectivity index (χ1n) is 5.50. The first-order chi connectivity index (χ1) is 8.43. The Bertz CT molecular complexity index is 688. The monoisotopic (exact) mass is 249 g/mol. The zero-order chi connectivity index (χ0) is 13.4. The molecule has 0 fully saturated rings. The lowest BCUT2D eigenvalue weighted by Gasteiger charge is -2.15. The highest BCUT2D eigenvalue weighted by atomic mass is 19.1. The van der Waals surface area contributed by atoms with Crippen molar-refractivity contribution in [1.82, 2.24) is 4.57 Å². The van der Waals surface area contributed by atoms with E-state index in [1.54, 1.807) is 19.9 Å². The van der Waals surface area contributed by atoms with Gasteiger partial charge in [0.25, 0.3) is 5.56 Å². The zero-order valence-corrected chi connectivity index (χ0v) is 9.98. The van der Waals surface area contributed by atoms with Gasteiger partial charge < -0.3 is 9.67 Å². The Balaban J connectivity index is 3.02. The van der Waals surface area contributed by atoms with Crippen LogP contribution in [0.25, 0.3) is 10.9 Å². The average molecular weight is 249 g/mol. The van der Waals surface area contributed by atoms with Crippen LogP contribution in [0.1, 0.15) is 30.2 Å². The molecular weight excluding hydrogens is 237 g/mol. The van der Waals surface area contributed by atoms with Crippen LogP contribution >= 0.6 is 0 Å². The van der Waals surface area contributed by atoms with Crippen molar-refractivity contribution in [2.45, 2.75) is 19.9 Å². The van der Waals surface area contributed by atoms with E-state index in [2.05, 4.69) is 0 Å². The average Bonchev–Trinajstić information content (AvgIpc) is 2.27. The van der Waals surface area contributed by atoms with Gasteiger partial charge in [0.15, 0.2) is 0 Å². The van der Waals surface area contributed by atoms with E-state index in [1.165, 1.54) is 16.7 Å². The minimum absolute atomic E-state index is 0.142. The van der Waals surface area contributed by atoms with Gasteiger partial charge in [0.05, 0.1) is 5.52 Å². The van der Waals surface area contributed by atoms with Gasteiger partial charge in [0.2, 0.25) is 0 Å². The number of halogens is 1. The molecule has 0 unspecified atom stereocenters. The maximum absolute atomic E-state index is 13.7. The molecule has 0 radical (unpaired) electrons. The minimum Gasteiger partial charge on any atom is -0.477 e. The fraction of sp³-hybridized carbons (Fsp3) is 0.231. The zero-order valence-electron chi connectivity index (χ0n) is 9.98. The van der Waals surface area contributed by atoms with Crippen LogP contribution in [-0.4, -0.2) is 15.6 Å². The van der Waals surface area contributed by atoms with Crippen LogP contribution in [0.15, 0.2) is 29.1 Å². The Hall–Kier alpha value is -2.17. The molecule has 2 aromatic rings. The normalized spacial score (nSPS) is 11.1. The third-order valence-corrected chi connectivity index (χ3v) is 2.77. The van der Waals surface area contributed by atoms with Gasteiger partial charge in [0, 0.05) is 11.4 Å². The number of nitrogens with zero attached hydrogens (tertiary/aromatic N) is 1. The molecule has 0 aliphatic carbocycles. The first kappa shape index (κ1) is 12.3. The van der Waals surface area contributed by atoms with Gasteiger partial charge in [-0.3, -0.25) is 4.79 Å². The summed E-state index contributed by atoms with van der Waals surface area (Å²) in [5, 5.41) is 9.13. The summed E-state index contributed by atoms with van der Waals surface area (Å²) in [6, 6.07) is 5.18. The summed E-state index contributed by atoms with van der Waals surface area (Å²) in [5.74, 6) is -1.89. The number of hydrogen-bond donors (Lipinski definition) is 1. The maximum Gasteiger partial charge on any atom is 0.341 e. The lowest BCUT2D eigenvalue weighted by atomic mass is 10.1. The topological polar surface area (TPSA) is 59.3 Å². The number of rotatable bonds is 2. The summed E-state index contributed by atoms with van der Waals surface area (Å²) in [7, 11) is 0. The number of carboxylic acid groups (broad SMARTS) is 1. The number of fused-ring (bicyclic) bond motifs is 1. The number of carbonyl (C=O) groups is 1. The van der Waals surface area contributed by atoms with Crippen LogP contribution in [0.2, 0.25) is 0 Å². The molecule has 1 aromatic heterocycles. The van der Waals surface area contributed by atoms with Crippen molar-refractivity contribution in [2.24, 2.45) is 0 Å². The van der Waals surface area contributed by atoms with Gasteiger partial charge in [-0.25, -0.2) is 9.18 Å². The highest BCUT2D eigenvalue weighted by Gasteiger charge is 2.17. The third-order valence-electron chi connectivity index (χ3n) is 2.77. The molecule has 1 heterocycles. The largest absolute Gasteiger partial charge is 0.477 e. The van der Waals surface area contributed by atoms with Crippen molar-refractivity contribution < 1.29 is 14.3 Å². The highest BCUT2D eigenvalue weighted by molar-refractivity contribution is 5.92. The number of hydrogen-bond acceptors (Lipinski definition) is 2. The quantitative estimate of drug-likeness (QED) is 0.889. The van der Waals surface area contributed by atoms with Crippen LogP contribution < -0.4 is 5.56 Å². The summed E-state index contributed by atoms with van der Waals surface area (Å²) < 4.78 is 15.0. The molecule has 0 bridgehead atoms. The van der Waals surface area contributed by atoms with Crippen molar-refractivity contribution in [1.29, 1.82) is 0 Å². The van der Waals surface area contributed by atoms with Crippen molar-refractivity contribution in [3.63, 3.8) is 0 Å². The second-order valence-electron chi connectivity index (χ2n) is 4.30. The first-order valence-corrected chi connectivity index (χ1v) is 5.50. The molecule has 1 N–H and O–H groups in total. The van der Waals surface area contributed by atoms with Crippen molar-refractivity contribution in [3.8, 4) is 0 Å². The van der Waals surface area contributed by atoms with E-state index in [4.69, 9.17) is 5.11 Å². The predicted octanol–water partition coefficient (Wildman–Crippen LogP) is 2.42. The van der Waals surface area contributed by atoms with E-state index in [0.717, 1.165) is 6.07 Å². The van der Waals surface area contributed by atoms with E-state index in [-0.39, 0.29) is 11.4 Å². The third kappa shape index (κ3) is 1.77. The van der Waals surface area contributed by atoms with Crippen LogP contribution in [-0.2, 0) is 0 Å².